The van der Waals surface area contributed by atoms with Crippen LogP contribution in [-0.2, 0) is 11.3 Å². The number of hydrogen-bond donors (Lipinski definition) is 1. The predicted molar refractivity (Wildman–Crippen MR) is 98.5 cm³/mol. The van der Waals surface area contributed by atoms with Gasteiger partial charge in [0.1, 0.15) is 5.52 Å². The number of fused-ring (bicyclic) bond motifs is 3. The number of hydrogen-bond acceptors (Lipinski definition) is 3. The first-order valence-corrected chi connectivity index (χ1v) is 8.13. The summed E-state index contributed by atoms with van der Waals surface area (Å²) in [5, 5.41) is 8.87. The van der Waals surface area contributed by atoms with Crippen LogP contribution >= 0.6 is 0 Å². The Balaban J connectivity index is 0.000000324. The molecule has 0 amide bonds. The summed E-state index contributed by atoms with van der Waals surface area (Å²) in [7, 11) is 0. The smallest absolute Gasteiger partial charge is 0.303 e. The Morgan fingerprint density at radius 1 is 1.00 bits per heavy atom. The second kappa shape index (κ2) is 7.57. The standard InChI is InChI=1S/C17H13N3.C3H6O2/c1-2-6-13(7-3-1)11-20-12-19-16-10-18-15-9-5-4-8-14(15)17(16)20;1-2-3(4)5/h1-10,12H,11H2;2H2,1H3,(H,4,5). The van der Waals surface area contributed by atoms with Gasteiger partial charge in [0.15, 0.2) is 0 Å². The van der Waals surface area contributed by atoms with Crippen LogP contribution in [0.5, 0.6) is 0 Å². The highest BCUT2D eigenvalue weighted by atomic mass is 16.4. The van der Waals surface area contributed by atoms with Crippen LogP contribution < -0.4 is 0 Å². The lowest BCUT2D eigenvalue weighted by molar-refractivity contribution is -0.136. The molecular weight excluding hydrogens is 314 g/mol. The van der Waals surface area contributed by atoms with Gasteiger partial charge in [0.2, 0.25) is 0 Å². The summed E-state index contributed by atoms with van der Waals surface area (Å²) in [6, 6.07) is 18.6. The van der Waals surface area contributed by atoms with Crippen molar-refractivity contribution in [2.75, 3.05) is 0 Å². The van der Waals surface area contributed by atoms with Crippen molar-refractivity contribution >= 4 is 27.9 Å². The minimum atomic E-state index is -0.745. The number of pyridine rings is 1. The Kier molecular flexibility index (Phi) is 5.04. The number of aliphatic carboxylic acids is 1. The first-order chi connectivity index (χ1) is 12.2. The zero-order valence-electron chi connectivity index (χ0n) is 14.0. The van der Waals surface area contributed by atoms with Gasteiger partial charge in [0.05, 0.1) is 23.6 Å². The Labute approximate surface area is 145 Å². The molecule has 0 fully saturated rings. The van der Waals surface area contributed by atoms with Crippen molar-refractivity contribution in [1.82, 2.24) is 14.5 Å². The zero-order chi connectivity index (χ0) is 17.6. The van der Waals surface area contributed by atoms with Crippen LogP contribution in [0, 0.1) is 0 Å². The number of rotatable bonds is 3. The van der Waals surface area contributed by atoms with Gasteiger partial charge in [-0.25, -0.2) is 4.98 Å². The number of carboxylic acid groups (broad SMARTS) is 1. The molecule has 0 bridgehead atoms. The minimum absolute atomic E-state index is 0.222. The average Bonchev–Trinajstić information content (AvgIpc) is 3.06. The summed E-state index contributed by atoms with van der Waals surface area (Å²) in [5.74, 6) is -0.745. The molecule has 4 rings (SSSR count). The molecule has 1 N–H and O–H groups in total. The molecule has 2 aromatic carbocycles. The molecular formula is C20H19N3O2. The largest absolute Gasteiger partial charge is 0.481 e. The fourth-order valence-electron chi connectivity index (χ4n) is 2.60. The lowest BCUT2D eigenvalue weighted by Crippen LogP contribution is -1.98. The molecule has 4 aromatic rings. The van der Waals surface area contributed by atoms with Crippen LogP contribution in [0.25, 0.3) is 21.9 Å². The van der Waals surface area contributed by atoms with Crippen molar-refractivity contribution in [1.29, 1.82) is 0 Å². The molecule has 0 spiro atoms. The maximum atomic E-state index is 9.37. The van der Waals surface area contributed by atoms with Crippen LogP contribution in [0.3, 0.4) is 0 Å². The van der Waals surface area contributed by atoms with E-state index in [1.165, 1.54) is 5.56 Å². The van der Waals surface area contributed by atoms with E-state index in [9.17, 15) is 4.79 Å². The summed E-state index contributed by atoms with van der Waals surface area (Å²) in [6.45, 7) is 2.42. The molecule has 5 heteroatoms. The predicted octanol–water partition coefficient (Wildman–Crippen LogP) is 4.11. The fourth-order valence-corrected chi connectivity index (χ4v) is 2.60. The zero-order valence-corrected chi connectivity index (χ0v) is 14.0. The lowest BCUT2D eigenvalue weighted by Gasteiger charge is -2.06. The van der Waals surface area contributed by atoms with E-state index in [0.717, 1.165) is 28.5 Å². The molecule has 0 atom stereocenters. The maximum Gasteiger partial charge on any atom is 0.303 e. The van der Waals surface area contributed by atoms with Gasteiger partial charge in [-0.05, 0) is 11.6 Å². The molecule has 2 heterocycles. The molecule has 0 radical (unpaired) electrons. The van der Waals surface area contributed by atoms with Crippen LogP contribution in [0.2, 0.25) is 0 Å². The molecule has 0 saturated carbocycles. The fraction of sp³-hybridized carbons (Fsp3) is 0.150. The summed E-state index contributed by atoms with van der Waals surface area (Å²) in [5.41, 5.74) is 4.38. The summed E-state index contributed by atoms with van der Waals surface area (Å²) < 4.78 is 2.19. The normalized spacial score (nSPS) is 10.4. The third-order valence-electron chi connectivity index (χ3n) is 3.85. The quantitative estimate of drug-likeness (QED) is 0.612. The highest BCUT2D eigenvalue weighted by molar-refractivity contribution is 6.01. The van der Waals surface area contributed by atoms with Gasteiger partial charge < -0.3 is 9.67 Å². The van der Waals surface area contributed by atoms with Gasteiger partial charge in [-0.3, -0.25) is 9.78 Å². The Hall–Kier alpha value is -3.21. The van der Waals surface area contributed by atoms with E-state index < -0.39 is 5.97 Å². The van der Waals surface area contributed by atoms with E-state index in [2.05, 4.69) is 44.9 Å². The third-order valence-corrected chi connectivity index (χ3v) is 3.85. The Morgan fingerprint density at radius 2 is 1.68 bits per heavy atom. The van der Waals surface area contributed by atoms with Crippen molar-refractivity contribution in [2.24, 2.45) is 0 Å². The van der Waals surface area contributed by atoms with Crippen molar-refractivity contribution in [3.63, 3.8) is 0 Å². The molecule has 0 aliphatic carbocycles. The van der Waals surface area contributed by atoms with Crippen LogP contribution in [-0.4, -0.2) is 25.6 Å². The third kappa shape index (κ3) is 3.83. The second-order valence-corrected chi connectivity index (χ2v) is 5.61. The summed E-state index contributed by atoms with van der Waals surface area (Å²) in [4.78, 5) is 18.3. The van der Waals surface area contributed by atoms with Gasteiger partial charge in [0.25, 0.3) is 0 Å². The van der Waals surface area contributed by atoms with Crippen molar-refractivity contribution < 1.29 is 9.90 Å². The van der Waals surface area contributed by atoms with Gasteiger partial charge in [0, 0.05) is 18.4 Å². The highest BCUT2D eigenvalue weighted by Gasteiger charge is 2.08. The summed E-state index contributed by atoms with van der Waals surface area (Å²) in [6.07, 6.45) is 3.96. The monoisotopic (exact) mass is 333 g/mol. The number of imidazole rings is 1. The maximum absolute atomic E-state index is 9.37. The molecule has 0 aliphatic heterocycles. The van der Waals surface area contributed by atoms with E-state index in [1.54, 1.807) is 6.92 Å². The van der Waals surface area contributed by atoms with Crippen molar-refractivity contribution in [2.45, 2.75) is 19.9 Å². The number of carbonyl (C=O) groups is 1. The minimum Gasteiger partial charge on any atom is -0.481 e. The lowest BCUT2D eigenvalue weighted by atomic mass is 10.2. The van der Waals surface area contributed by atoms with E-state index in [0.29, 0.717) is 0 Å². The number of carboxylic acids is 1. The van der Waals surface area contributed by atoms with Crippen LogP contribution in [0.1, 0.15) is 18.9 Å². The number of benzene rings is 2. The van der Waals surface area contributed by atoms with Gasteiger partial charge in [-0.15, -0.1) is 0 Å². The average molecular weight is 333 g/mol. The van der Waals surface area contributed by atoms with Gasteiger partial charge in [-0.1, -0.05) is 55.5 Å². The molecule has 5 nitrogen and oxygen atoms in total. The van der Waals surface area contributed by atoms with Crippen molar-refractivity contribution in [3.05, 3.63) is 72.7 Å². The van der Waals surface area contributed by atoms with Gasteiger partial charge >= 0.3 is 5.97 Å². The molecule has 2 aromatic heterocycles. The Bertz CT molecular complexity index is 994. The summed E-state index contributed by atoms with van der Waals surface area (Å²) >= 11 is 0. The first-order valence-electron chi connectivity index (χ1n) is 8.13. The number of aromatic nitrogens is 3. The van der Waals surface area contributed by atoms with E-state index in [-0.39, 0.29) is 6.42 Å². The SMILES string of the molecule is CCC(=O)O.c1ccc(Cn2cnc3cnc4ccccc4c32)cc1. The molecule has 0 unspecified atom stereocenters. The Morgan fingerprint density at radius 3 is 2.40 bits per heavy atom. The van der Waals surface area contributed by atoms with E-state index >= 15 is 0 Å². The number of para-hydroxylation sites is 1. The molecule has 25 heavy (non-hydrogen) atoms. The molecule has 0 aliphatic rings. The highest BCUT2D eigenvalue weighted by Crippen LogP contribution is 2.23. The molecule has 126 valence electrons. The topological polar surface area (TPSA) is 68.0 Å². The van der Waals surface area contributed by atoms with Crippen LogP contribution in [0.15, 0.2) is 67.1 Å². The molecule has 0 saturated heterocycles. The van der Waals surface area contributed by atoms with E-state index in [4.69, 9.17) is 5.11 Å². The van der Waals surface area contributed by atoms with Gasteiger partial charge in [-0.2, -0.15) is 0 Å². The van der Waals surface area contributed by atoms with E-state index in [1.807, 2.05) is 36.8 Å². The van der Waals surface area contributed by atoms with Crippen molar-refractivity contribution in [3.8, 4) is 0 Å². The number of nitrogens with zero attached hydrogens (tertiary/aromatic N) is 3. The van der Waals surface area contributed by atoms with Crippen LogP contribution in [0.4, 0.5) is 0 Å². The first kappa shape index (κ1) is 16.6. The second-order valence-electron chi connectivity index (χ2n) is 5.61.